The molecule has 0 aliphatic carbocycles. The van der Waals surface area contributed by atoms with Gasteiger partial charge in [-0.05, 0) is 147 Å². The summed E-state index contributed by atoms with van der Waals surface area (Å²) in [7, 11) is 0. The summed E-state index contributed by atoms with van der Waals surface area (Å²) in [5.41, 5.74) is -22.6. The number of rotatable bonds is 7. The SMILES string of the molecule is N#Cc1cc(-n2c3cc(-c4ccc(C(F)(F)F)cc4C(F)(F)F)ccc3c3ccc(-c4ccc(C(F)(F)F)cc4C(F)(F)F)cc32)c(-n2c3cc(-c4ccc(C(F)(F)F)cc4C(F)(F)F)ccc3c3ccc(-c4ccc(C(F)(F)F)cc4C(F)(F)F)cc32)cc1-c1ccncc1. The standard InChI is InChI=1S/C68H30F24N4/c69-61(70,71)38-5-13-42(51(26-38)65(81,82)83)33-1-9-46-47-10-2-34(43-14-6-39(62(72,73)74)27-52(43)66(84,85)86)22-56(47)95(55(46)21-33)59-25-37(31-93)50(32-17-19-94-20-18-32)30-60(59)96-57-23-35(44-15-7-40(63(75,76)77)28-53(44)67(87,88)89)3-11-48(57)49-12-4-36(24-58(49)96)45-16-8-41(64(78,79)80)29-54(45)68(90,91)92/h1-30H. The number of benzene rings is 9. The number of pyridine rings is 1. The Balaban J connectivity index is 1.28. The highest BCUT2D eigenvalue weighted by Crippen LogP contribution is 2.50. The second kappa shape index (κ2) is 22.3. The van der Waals surface area contributed by atoms with Gasteiger partial charge in [0.2, 0.25) is 0 Å². The van der Waals surface area contributed by atoms with Crippen molar-refractivity contribution in [1.82, 2.24) is 14.1 Å². The van der Waals surface area contributed by atoms with Crippen LogP contribution < -0.4 is 0 Å². The number of aromatic nitrogens is 3. The van der Waals surface area contributed by atoms with Crippen molar-refractivity contribution in [2.45, 2.75) is 49.4 Å². The van der Waals surface area contributed by atoms with Crippen molar-refractivity contribution in [1.29, 1.82) is 5.26 Å². The third-order valence-corrected chi connectivity index (χ3v) is 16.1. The molecular weight excluding hydrogens is 1330 g/mol. The van der Waals surface area contributed by atoms with Crippen LogP contribution in [0.1, 0.15) is 50.1 Å². The lowest BCUT2D eigenvalue weighted by molar-refractivity contribution is -0.144. The van der Waals surface area contributed by atoms with Gasteiger partial charge in [-0.2, -0.15) is 111 Å². The van der Waals surface area contributed by atoms with E-state index in [-0.39, 0.29) is 84.6 Å². The summed E-state index contributed by atoms with van der Waals surface area (Å²) in [5.74, 6) is 0. The molecule has 0 saturated heterocycles. The van der Waals surface area contributed by atoms with Gasteiger partial charge >= 0.3 is 49.4 Å². The molecular formula is C68H30F24N4. The van der Waals surface area contributed by atoms with Crippen LogP contribution in [0.4, 0.5) is 105 Å². The summed E-state index contributed by atoms with van der Waals surface area (Å²) in [4.78, 5) is 3.98. The maximum atomic E-state index is 15.1. The average molecular weight is 1360 g/mol. The molecule has 4 nitrogen and oxygen atoms in total. The van der Waals surface area contributed by atoms with E-state index in [0.717, 1.165) is 88.0 Å². The number of alkyl halides is 24. The van der Waals surface area contributed by atoms with Crippen molar-refractivity contribution >= 4 is 43.6 Å². The molecule has 3 aromatic heterocycles. The lowest BCUT2D eigenvalue weighted by Gasteiger charge is -2.21. The fourth-order valence-corrected chi connectivity index (χ4v) is 11.9. The molecule has 9 aromatic carbocycles. The molecule has 0 spiro atoms. The molecule has 0 aliphatic heterocycles. The third-order valence-electron chi connectivity index (χ3n) is 16.1. The van der Waals surface area contributed by atoms with E-state index < -0.39 is 150 Å². The summed E-state index contributed by atoms with van der Waals surface area (Å²) in [6.45, 7) is 0. The highest BCUT2D eigenvalue weighted by atomic mass is 19.4. The smallest absolute Gasteiger partial charge is 0.307 e. The highest BCUT2D eigenvalue weighted by Gasteiger charge is 2.43. The number of hydrogen-bond acceptors (Lipinski definition) is 2. The minimum atomic E-state index is -5.54. The normalized spacial score (nSPS) is 13.2. The molecule has 12 aromatic rings. The van der Waals surface area contributed by atoms with Crippen molar-refractivity contribution < 1.29 is 105 Å². The number of halogens is 24. The van der Waals surface area contributed by atoms with Crippen LogP contribution in [0.2, 0.25) is 0 Å². The van der Waals surface area contributed by atoms with Crippen molar-refractivity contribution in [3.8, 4) is 73.1 Å². The fourth-order valence-electron chi connectivity index (χ4n) is 11.9. The molecule has 0 N–H and O–H groups in total. The zero-order valence-corrected chi connectivity index (χ0v) is 47.2. The Morgan fingerprint density at radius 2 is 0.521 bits per heavy atom. The number of fused-ring (bicyclic) bond motifs is 6. The van der Waals surface area contributed by atoms with Crippen LogP contribution >= 0.6 is 0 Å². The first-order valence-corrected chi connectivity index (χ1v) is 27.4. The van der Waals surface area contributed by atoms with Crippen molar-refractivity contribution in [3.05, 3.63) is 232 Å². The van der Waals surface area contributed by atoms with Gasteiger partial charge in [-0.15, -0.1) is 0 Å². The summed E-state index contributed by atoms with van der Waals surface area (Å²) >= 11 is 0. The highest BCUT2D eigenvalue weighted by molar-refractivity contribution is 6.14. The maximum Gasteiger partial charge on any atom is 0.417 e. The average Bonchev–Trinajstić information content (AvgIpc) is 1.54. The monoisotopic (exact) mass is 1360 g/mol. The van der Waals surface area contributed by atoms with E-state index in [1.54, 1.807) is 0 Å². The Bertz CT molecular complexity index is 4910. The van der Waals surface area contributed by atoms with Gasteiger partial charge in [0.15, 0.2) is 0 Å². The molecule has 0 fully saturated rings. The summed E-state index contributed by atoms with van der Waals surface area (Å²) in [6.07, 6.45) is -41.1. The quantitative estimate of drug-likeness (QED) is 0.149. The summed E-state index contributed by atoms with van der Waals surface area (Å²) < 4.78 is 353. The minimum absolute atomic E-state index is 0.0548. The molecule has 12 rings (SSSR count). The van der Waals surface area contributed by atoms with Crippen molar-refractivity contribution in [2.75, 3.05) is 0 Å². The van der Waals surface area contributed by atoms with Gasteiger partial charge < -0.3 is 9.13 Å². The molecule has 3 heterocycles. The Kier molecular flexibility index (Phi) is 15.3. The van der Waals surface area contributed by atoms with Crippen LogP contribution in [0.25, 0.3) is 111 Å². The third kappa shape index (κ3) is 11.8. The van der Waals surface area contributed by atoms with Crippen molar-refractivity contribution in [3.63, 3.8) is 0 Å². The van der Waals surface area contributed by atoms with Gasteiger partial charge in [0.1, 0.15) is 0 Å². The Labute approximate surface area is 521 Å². The molecule has 96 heavy (non-hydrogen) atoms. The van der Waals surface area contributed by atoms with Crippen LogP contribution in [0.15, 0.2) is 182 Å². The zero-order valence-electron chi connectivity index (χ0n) is 47.2. The van der Waals surface area contributed by atoms with Crippen LogP contribution in [0.5, 0.6) is 0 Å². The van der Waals surface area contributed by atoms with E-state index in [0.29, 0.717) is 48.5 Å². The zero-order chi connectivity index (χ0) is 69.5. The topological polar surface area (TPSA) is 46.5 Å². The Morgan fingerprint density at radius 3 is 0.760 bits per heavy atom. The first kappa shape index (κ1) is 65.6. The predicted octanol–water partition coefficient (Wildman–Crippen LogP) is 23.6. The van der Waals surface area contributed by atoms with E-state index in [4.69, 9.17) is 0 Å². The number of hydrogen-bond donors (Lipinski definition) is 0. The lowest BCUT2D eigenvalue weighted by Crippen LogP contribution is -2.12. The van der Waals surface area contributed by atoms with Crippen LogP contribution in [-0.2, 0) is 49.4 Å². The molecule has 490 valence electrons. The largest absolute Gasteiger partial charge is 0.417 e. The molecule has 0 amide bonds. The molecule has 0 bridgehead atoms. The lowest BCUT2D eigenvalue weighted by atomic mass is 9.95. The van der Waals surface area contributed by atoms with Crippen LogP contribution in [0, 0.1) is 11.3 Å². The van der Waals surface area contributed by atoms with Gasteiger partial charge in [0.25, 0.3) is 0 Å². The van der Waals surface area contributed by atoms with Gasteiger partial charge in [-0.3, -0.25) is 4.98 Å². The molecule has 0 radical (unpaired) electrons. The molecule has 0 unspecified atom stereocenters. The first-order chi connectivity index (χ1) is 44.6. The number of nitriles is 1. The molecule has 0 saturated carbocycles. The predicted molar refractivity (Wildman–Crippen MR) is 305 cm³/mol. The van der Waals surface area contributed by atoms with Crippen molar-refractivity contribution in [2.24, 2.45) is 0 Å². The second-order valence-corrected chi connectivity index (χ2v) is 21.9. The minimum Gasteiger partial charge on any atom is -0.307 e. The van der Waals surface area contributed by atoms with E-state index in [1.807, 2.05) is 6.07 Å². The van der Waals surface area contributed by atoms with E-state index in [2.05, 4.69) is 4.98 Å². The van der Waals surface area contributed by atoms with Gasteiger partial charge in [-0.1, -0.05) is 72.8 Å². The van der Waals surface area contributed by atoms with Gasteiger partial charge in [-0.25, -0.2) is 0 Å². The summed E-state index contributed by atoms with van der Waals surface area (Å²) in [6, 6.07) is 22.1. The van der Waals surface area contributed by atoms with Gasteiger partial charge in [0, 0.05) is 39.5 Å². The van der Waals surface area contributed by atoms with E-state index in [1.165, 1.54) is 30.6 Å². The number of nitrogens with zero attached hydrogens (tertiary/aromatic N) is 4. The first-order valence-electron chi connectivity index (χ1n) is 27.4. The maximum absolute atomic E-state index is 15.1. The van der Waals surface area contributed by atoms with E-state index >= 15 is 52.7 Å². The van der Waals surface area contributed by atoms with Gasteiger partial charge in [0.05, 0.1) is 89.6 Å². The molecule has 0 atom stereocenters. The summed E-state index contributed by atoms with van der Waals surface area (Å²) in [5, 5.41) is 10.9. The second-order valence-electron chi connectivity index (χ2n) is 21.9. The van der Waals surface area contributed by atoms with E-state index in [9.17, 15) is 57.9 Å². The van der Waals surface area contributed by atoms with Crippen LogP contribution in [0.3, 0.4) is 0 Å². The molecule has 28 heteroatoms. The fraction of sp³-hybridized carbons (Fsp3) is 0.118. The van der Waals surface area contributed by atoms with Crippen LogP contribution in [-0.4, -0.2) is 14.1 Å². The Hall–Kier alpha value is -10.5. The Morgan fingerprint density at radius 1 is 0.260 bits per heavy atom. The molecule has 0 aliphatic rings.